The SMILES string of the molecule is CN(C(=O)Cc1ccc(Cl)c(Cl)c1)[C@H](CN1CCCC1)c1cccc(NS(N)(=O)=O)c1. The lowest BCUT2D eigenvalue weighted by molar-refractivity contribution is -0.131. The number of likely N-dealkylation sites (N-methyl/N-ethyl adjacent to an activating group) is 1. The molecule has 10 heteroatoms. The number of carbonyl (C=O) groups is 1. The van der Waals surface area contributed by atoms with Crippen LogP contribution in [-0.2, 0) is 21.4 Å². The highest BCUT2D eigenvalue weighted by atomic mass is 35.5. The van der Waals surface area contributed by atoms with Gasteiger partial charge >= 0.3 is 0 Å². The van der Waals surface area contributed by atoms with E-state index in [9.17, 15) is 13.2 Å². The van der Waals surface area contributed by atoms with Gasteiger partial charge in [-0.3, -0.25) is 9.52 Å². The smallest absolute Gasteiger partial charge is 0.296 e. The standard InChI is InChI=1S/C21H26Cl2N4O3S/c1-26(21(28)12-15-7-8-18(22)19(23)11-15)20(14-27-9-2-3-10-27)16-5-4-6-17(13-16)25-31(24,29)30/h4-8,11,13,20,25H,2-3,9-10,12,14H2,1H3,(H2,24,29,30)/t20-/m1/s1. The average Bonchev–Trinajstić information content (AvgIpc) is 3.20. The molecule has 1 atom stereocenters. The summed E-state index contributed by atoms with van der Waals surface area (Å²) in [6.45, 7) is 2.60. The molecule has 1 aliphatic heterocycles. The maximum atomic E-state index is 13.1. The van der Waals surface area contributed by atoms with Gasteiger partial charge in [0.15, 0.2) is 0 Å². The molecule has 7 nitrogen and oxygen atoms in total. The van der Waals surface area contributed by atoms with Gasteiger partial charge < -0.3 is 9.80 Å². The average molecular weight is 485 g/mol. The van der Waals surface area contributed by atoms with Crippen LogP contribution in [-0.4, -0.2) is 50.8 Å². The fourth-order valence-corrected chi connectivity index (χ4v) is 4.53. The number of anilines is 1. The third-order valence-corrected chi connectivity index (χ3v) is 6.62. The van der Waals surface area contributed by atoms with Gasteiger partial charge in [0.25, 0.3) is 10.2 Å². The van der Waals surface area contributed by atoms with E-state index in [0.717, 1.165) is 37.1 Å². The minimum atomic E-state index is -3.89. The largest absolute Gasteiger partial charge is 0.337 e. The van der Waals surface area contributed by atoms with Gasteiger partial charge in [-0.25, -0.2) is 5.14 Å². The van der Waals surface area contributed by atoms with Gasteiger partial charge in [-0.05, 0) is 61.3 Å². The third-order valence-electron chi connectivity index (χ3n) is 5.36. The first-order valence-corrected chi connectivity index (χ1v) is 12.2. The molecule has 1 saturated heterocycles. The third kappa shape index (κ3) is 6.82. The van der Waals surface area contributed by atoms with Crippen LogP contribution in [0.25, 0.3) is 0 Å². The number of benzene rings is 2. The summed E-state index contributed by atoms with van der Waals surface area (Å²) in [7, 11) is -2.13. The second-order valence-electron chi connectivity index (χ2n) is 7.73. The van der Waals surface area contributed by atoms with Crippen molar-refractivity contribution >= 4 is 45.0 Å². The highest BCUT2D eigenvalue weighted by Crippen LogP contribution is 2.27. The Bertz CT molecular complexity index is 1040. The van der Waals surface area contributed by atoms with Crippen molar-refractivity contribution in [2.45, 2.75) is 25.3 Å². The fourth-order valence-electron chi connectivity index (χ4n) is 3.76. The summed E-state index contributed by atoms with van der Waals surface area (Å²) in [5, 5.41) is 5.96. The van der Waals surface area contributed by atoms with Crippen molar-refractivity contribution in [2.75, 3.05) is 31.4 Å². The van der Waals surface area contributed by atoms with Crippen LogP contribution in [0, 0.1) is 0 Å². The molecular weight excluding hydrogens is 459 g/mol. The number of amides is 1. The summed E-state index contributed by atoms with van der Waals surface area (Å²) in [4.78, 5) is 17.1. The molecule has 0 unspecified atom stereocenters. The van der Waals surface area contributed by atoms with Crippen LogP contribution >= 0.6 is 23.2 Å². The predicted octanol–water partition coefficient (Wildman–Crippen LogP) is 3.45. The normalized spacial score (nSPS) is 15.6. The molecule has 0 spiro atoms. The number of likely N-dealkylation sites (tertiary alicyclic amines) is 1. The minimum absolute atomic E-state index is 0.0765. The number of rotatable bonds is 8. The number of carbonyl (C=O) groups excluding carboxylic acids is 1. The van der Waals surface area contributed by atoms with Crippen LogP contribution in [0.15, 0.2) is 42.5 Å². The zero-order valence-electron chi connectivity index (χ0n) is 17.2. The van der Waals surface area contributed by atoms with Crippen molar-refractivity contribution < 1.29 is 13.2 Å². The van der Waals surface area contributed by atoms with E-state index in [1.165, 1.54) is 0 Å². The predicted molar refractivity (Wildman–Crippen MR) is 125 cm³/mol. The molecule has 0 saturated carbocycles. The summed E-state index contributed by atoms with van der Waals surface area (Å²) >= 11 is 12.1. The molecule has 3 N–H and O–H groups in total. The Morgan fingerprint density at radius 2 is 1.87 bits per heavy atom. The topological polar surface area (TPSA) is 95.7 Å². The molecule has 0 aromatic heterocycles. The van der Waals surface area contributed by atoms with E-state index in [0.29, 0.717) is 22.3 Å². The Balaban J connectivity index is 1.84. The molecule has 0 aliphatic carbocycles. The first kappa shape index (κ1) is 23.8. The van der Waals surface area contributed by atoms with Crippen LogP contribution < -0.4 is 9.86 Å². The first-order chi connectivity index (χ1) is 14.6. The Morgan fingerprint density at radius 3 is 2.52 bits per heavy atom. The maximum absolute atomic E-state index is 13.1. The molecule has 31 heavy (non-hydrogen) atoms. The molecule has 1 amide bonds. The van der Waals surface area contributed by atoms with Crippen molar-refractivity contribution in [1.29, 1.82) is 0 Å². The zero-order chi connectivity index (χ0) is 22.6. The van der Waals surface area contributed by atoms with Gasteiger partial charge in [0.1, 0.15) is 0 Å². The zero-order valence-corrected chi connectivity index (χ0v) is 19.6. The first-order valence-electron chi connectivity index (χ1n) is 9.95. The Hall–Kier alpha value is -1.84. The maximum Gasteiger partial charge on any atom is 0.296 e. The van der Waals surface area contributed by atoms with Crippen LogP contribution in [0.3, 0.4) is 0 Å². The van der Waals surface area contributed by atoms with Gasteiger partial charge in [0.05, 0.1) is 28.2 Å². The second-order valence-corrected chi connectivity index (χ2v) is 9.83. The van der Waals surface area contributed by atoms with Gasteiger partial charge in [-0.1, -0.05) is 41.4 Å². The summed E-state index contributed by atoms with van der Waals surface area (Å²) < 4.78 is 25.2. The number of hydrogen-bond donors (Lipinski definition) is 2. The highest BCUT2D eigenvalue weighted by molar-refractivity contribution is 7.90. The van der Waals surface area contributed by atoms with E-state index in [-0.39, 0.29) is 18.4 Å². The van der Waals surface area contributed by atoms with E-state index in [4.69, 9.17) is 28.3 Å². The van der Waals surface area contributed by atoms with Gasteiger partial charge in [0.2, 0.25) is 5.91 Å². The van der Waals surface area contributed by atoms with Crippen LogP contribution in [0.5, 0.6) is 0 Å². The van der Waals surface area contributed by atoms with Crippen molar-refractivity contribution in [1.82, 2.24) is 9.80 Å². The molecular formula is C21H26Cl2N4O3S. The second kappa shape index (κ2) is 10.2. The summed E-state index contributed by atoms with van der Waals surface area (Å²) in [6, 6.07) is 11.9. The van der Waals surface area contributed by atoms with Crippen molar-refractivity contribution in [3.8, 4) is 0 Å². The Kier molecular flexibility index (Phi) is 7.82. The van der Waals surface area contributed by atoms with Crippen molar-refractivity contribution in [3.05, 3.63) is 63.6 Å². The Morgan fingerprint density at radius 1 is 1.16 bits per heavy atom. The number of hydrogen-bond acceptors (Lipinski definition) is 4. The lowest BCUT2D eigenvalue weighted by Gasteiger charge is -2.32. The molecule has 0 bridgehead atoms. The highest BCUT2D eigenvalue weighted by Gasteiger charge is 2.26. The quantitative estimate of drug-likeness (QED) is 0.599. The van der Waals surface area contributed by atoms with E-state index in [1.807, 2.05) is 6.07 Å². The van der Waals surface area contributed by atoms with E-state index in [1.54, 1.807) is 48.3 Å². The molecule has 3 rings (SSSR count). The summed E-state index contributed by atoms with van der Waals surface area (Å²) in [5.74, 6) is -0.0765. The molecule has 1 fully saturated rings. The van der Waals surface area contributed by atoms with E-state index in [2.05, 4.69) is 9.62 Å². The van der Waals surface area contributed by atoms with Gasteiger partial charge in [0, 0.05) is 13.6 Å². The summed E-state index contributed by atoms with van der Waals surface area (Å²) in [5.41, 5.74) is 1.96. The van der Waals surface area contributed by atoms with Crippen LogP contribution in [0.1, 0.15) is 30.0 Å². The molecule has 1 heterocycles. The van der Waals surface area contributed by atoms with Gasteiger partial charge in [-0.15, -0.1) is 0 Å². The monoisotopic (exact) mass is 484 g/mol. The summed E-state index contributed by atoms with van der Waals surface area (Å²) in [6.07, 6.45) is 2.43. The number of nitrogens with two attached hydrogens (primary N) is 1. The number of nitrogens with zero attached hydrogens (tertiary/aromatic N) is 2. The van der Waals surface area contributed by atoms with Crippen molar-refractivity contribution in [2.24, 2.45) is 5.14 Å². The number of nitrogens with one attached hydrogen (secondary N) is 1. The lowest BCUT2D eigenvalue weighted by Crippen LogP contribution is -2.39. The van der Waals surface area contributed by atoms with E-state index >= 15 is 0 Å². The van der Waals surface area contributed by atoms with Gasteiger partial charge in [-0.2, -0.15) is 8.42 Å². The Labute approximate surface area is 193 Å². The number of halogens is 2. The van der Waals surface area contributed by atoms with Crippen LogP contribution in [0.4, 0.5) is 5.69 Å². The molecule has 2 aromatic carbocycles. The molecule has 0 radical (unpaired) electrons. The van der Waals surface area contributed by atoms with Crippen molar-refractivity contribution in [3.63, 3.8) is 0 Å². The van der Waals surface area contributed by atoms with E-state index < -0.39 is 10.2 Å². The molecule has 1 aliphatic rings. The molecule has 168 valence electrons. The fraction of sp³-hybridized carbons (Fsp3) is 0.381. The lowest BCUT2D eigenvalue weighted by atomic mass is 10.0. The molecule has 2 aromatic rings. The van der Waals surface area contributed by atoms with Crippen LogP contribution in [0.2, 0.25) is 10.0 Å². The minimum Gasteiger partial charge on any atom is -0.337 e.